The molecule has 1 fully saturated rings. The summed E-state index contributed by atoms with van der Waals surface area (Å²) in [6, 6.07) is 11.4. The van der Waals surface area contributed by atoms with Crippen molar-refractivity contribution in [3.05, 3.63) is 53.1 Å². The highest BCUT2D eigenvalue weighted by Crippen LogP contribution is 2.38. The van der Waals surface area contributed by atoms with E-state index in [2.05, 4.69) is 5.32 Å². The number of fused-ring (bicyclic) bond motifs is 1. The molecule has 0 aliphatic carbocycles. The van der Waals surface area contributed by atoms with Crippen LogP contribution in [0.2, 0.25) is 0 Å². The molecule has 146 valence electrons. The van der Waals surface area contributed by atoms with Crippen LogP contribution in [-0.4, -0.2) is 36.5 Å². The smallest absolute Gasteiger partial charge is 0.254 e. The number of nitrogens with one attached hydrogen (secondary N) is 1. The van der Waals surface area contributed by atoms with E-state index in [1.165, 1.54) is 6.92 Å². The molecule has 0 bridgehead atoms. The number of carbonyl (C=O) groups excluding carboxylic acids is 2. The fourth-order valence-corrected chi connectivity index (χ4v) is 3.87. The van der Waals surface area contributed by atoms with Gasteiger partial charge in [0.1, 0.15) is 13.2 Å². The number of likely N-dealkylation sites (tertiary alicyclic amines) is 1. The Hall–Kier alpha value is -3.02. The minimum absolute atomic E-state index is 0.00819. The summed E-state index contributed by atoms with van der Waals surface area (Å²) in [5.74, 6) is 1.32. The molecule has 1 saturated heterocycles. The Kier molecular flexibility index (Phi) is 4.94. The van der Waals surface area contributed by atoms with Crippen molar-refractivity contribution in [3.8, 4) is 11.5 Å². The quantitative estimate of drug-likeness (QED) is 0.882. The third kappa shape index (κ3) is 3.54. The largest absolute Gasteiger partial charge is 0.486 e. The van der Waals surface area contributed by atoms with Crippen LogP contribution < -0.4 is 14.8 Å². The summed E-state index contributed by atoms with van der Waals surface area (Å²) < 4.78 is 11.3. The maximum absolute atomic E-state index is 13.2. The van der Waals surface area contributed by atoms with Crippen LogP contribution in [0.15, 0.2) is 36.4 Å². The average Bonchev–Trinajstić information content (AvgIpc) is 3.18. The number of benzene rings is 2. The first kappa shape index (κ1) is 18.3. The van der Waals surface area contributed by atoms with Crippen LogP contribution in [-0.2, 0) is 4.79 Å². The van der Waals surface area contributed by atoms with Gasteiger partial charge < -0.3 is 19.7 Å². The molecular weight excluding hydrogens is 356 g/mol. The molecule has 1 unspecified atom stereocenters. The lowest BCUT2D eigenvalue weighted by Gasteiger charge is -2.27. The van der Waals surface area contributed by atoms with Crippen molar-refractivity contribution in [2.24, 2.45) is 0 Å². The fourth-order valence-electron chi connectivity index (χ4n) is 3.87. The highest BCUT2D eigenvalue weighted by molar-refractivity contribution is 5.97. The third-order valence-corrected chi connectivity index (χ3v) is 5.26. The molecular formula is C22H24N2O4. The zero-order valence-electron chi connectivity index (χ0n) is 16.2. The highest BCUT2D eigenvalue weighted by Gasteiger charge is 2.31. The minimum Gasteiger partial charge on any atom is -0.486 e. The van der Waals surface area contributed by atoms with E-state index in [-0.39, 0.29) is 17.9 Å². The molecule has 6 nitrogen and oxygen atoms in total. The molecule has 4 rings (SSSR count). The van der Waals surface area contributed by atoms with Gasteiger partial charge >= 0.3 is 0 Å². The topological polar surface area (TPSA) is 67.9 Å². The zero-order valence-corrected chi connectivity index (χ0v) is 16.2. The molecule has 28 heavy (non-hydrogen) atoms. The first-order chi connectivity index (χ1) is 13.5. The number of aryl methyl sites for hydroxylation is 1. The predicted molar refractivity (Wildman–Crippen MR) is 106 cm³/mol. The maximum Gasteiger partial charge on any atom is 0.254 e. The summed E-state index contributed by atoms with van der Waals surface area (Å²) in [4.78, 5) is 26.6. The van der Waals surface area contributed by atoms with E-state index < -0.39 is 0 Å². The predicted octanol–water partition coefficient (Wildman–Crippen LogP) is 3.70. The van der Waals surface area contributed by atoms with Gasteiger partial charge in [0.05, 0.1) is 6.04 Å². The maximum atomic E-state index is 13.2. The van der Waals surface area contributed by atoms with Gasteiger partial charge in [0.25, 0.3) is 5.91 Å². The molecule has 0 saturated carbocycles. The van der Waals surface area contributed by atoms with Crippen molar-refractivity contribution < 1.29 is 19.1 Å². The molecule has 2 amide bonds. The number of ether oxygens (including phenoxy) is 2. The lowest BCUT2D eigenvalue weighted by atomic mass is 10.0. The molecule has 2 heterocycles. The van der Waals surface area contributed by atoms with Crippen LogP contribution in [0, 0.1) is 6.92 Å². The van der Waals surface area contributed by atoms with Gasteiger partial charge in [-0.2, -0.15) is 0 Å². The lowest BCUT2D eigenvalue weighted by Crippen LogP contribution is -2.30. The van der Waals surface area contributed by atoms with Crippen molar-refractivity contribution in [1.82, 2.24) is 4.90 Å². The Morgan fingerprint density at radius 2 is 1.86 bits per heavy atom. The first-order valence-corrected chi connectivity index (χ1v) is 9.61. The Labute approximate surface area is 164 Å². The van der Waals surface area contributed by atoms with E-state index in [0.29, 0.717) is 31.0 Å². The summed E-state index contributed by atoms with van der Waals surface area (Å²) in [6.45, 7) is 5.18. The molecule has 1 N–H and O–H groups in total. The van der Waals surface area contributed by atoms with Crippen LogP contribution in [0.1, 0.15) is 47.3 Å². The average molecular weight is 380 g/mol. The van der Waals surface area contributed by atoms with Crippen LogP contribution in [0.3, 0.4) is 0 Å². The number of hydrogen-bond acceptors (Lipinski definition) is 4. The fraction of sp³-hybridized carbons (Fsp3) is 0.364. The van der Waals surface area contributed by atoms with Crippen LogP contribution in [0.5, 0.6) is 11.5 Å². The Bertz CT molecular complexity index is 925. The van der Waals surface area contributed by atoms with E-state index in [1.807, 2.05) is 42.2 Å². The molecule has 0 spiro atoms. The lowest BCUT2D eigenvalue weighted by molar-refractivity contribution is -0.114. The zero-order chi connectivity index (χ0) is 19.7. The Morgan fingerprint density at radius 1 is 1.07 bits per heavy atom. The number of nitrogens with zero attached hydrogens (tertiary/aromatic N) is 1. The first-order valence-electron chi connectivity index (χ1n) is 9.61. The molecule has 2 aromatic carbocycles. The molecule has 6 heteroatoms. The second kappa shape index (κ2) is 7.54. The molecule has 0 aromatic heterocycles. The summed E-state index contributed by atoms with van der Waals surface area (Å²) in [6.07, 6.45) is 1.87. The van der Waals surface area contributed by atoms with Gasteiger partial charge in [-0.15, -0.1) is 0 Å². The summed E-state index contributed by atoms with van der Waals surface area (Å²) in [5, 5.41) is 2.80. The monoisotopic (exact) mass is 380 g/mol. The Balaban J connectivity index is 1.60. The molecule has 2 aliphatic rings. The van der Waals surface area contributed by atoms with Crippen molar-refractivity contribution in [3.63, 3.8) is 0 Å². The Morgan fingerprint density at radius 3 is 2.64 bits per heavy atom. The van der Waals surface area contributed by atoms with E-state index in [9.17, 15) is 9.59 Å². The molecule has 2 aromatic rings. The van der Waals surface area contributed by atoms with E-state index >= 15 is 0 Å². The van der Waals surface area contributed by atoms with Gasteiger partial charge in [-0.3, -0.25) is 9.59 Å². The number of anilines is 1. The van der Waals surface area contributed by atoms with Crippen molar-refractivity contribution in [2.45, 2.75) is 32.7 Å². The van der Waals surface area contributed by atoms with Crippen molar-refractivity contribution >= 4 is 17.5 Å². The second-order valence-electron chi connectivity index (χ2n) is 7.27. The summed E-state index contributed by atoms with van der Waals surface area (Å²) >= 11 is 0. The number of amides is 2. The number of carbonyl (C=O) groups is 2. The van der Waals surface area contributed by atoms with Crippen molar-refractivity contribution in [2.75, 3.05) is 25.1 Å². The van der Waals surface area contributed by atoms with E-state index in [1.54, 1.807) is 6.07 Å². The summed E-state index contributed by atoms with van der Waals surface area (Å²) in [5.41, 5.74) is 3.24. The van der Waals surface area contributed by atoms with E-state index in [4.69, 9.17) is 9.47 Å². The van der Waals surface area contributed by atoms with E-state index in [0.717, 1.165) is 35.5 Å². The van der Waals surface area contributed by atoms with Gasteiger partial charge in [0.2, 0.25) is 5.91 Å². The molecule has 1 atom stereocenters. The van der Waals surface area contributed by atoms with Gasteiger partial charge in [0.15, 0.2) is 11.5 Å². The second-order valence-corrected chi connectivity index (χ2v) is 7.27. The van der Waals surface area contributed by atoms with Crippen LogP contribution >= 0.6 is 0 Å². The van der Waals surface area contributed by atoms with Gasteiger partial charge in [0, 0.05) is 24.7 Å². The van der Waals surface area contributed by atoms with Crippen molar-refractivity contribution in [1.29, 1.82) is 0 Å². The van der Waals surface area contributed by atoms with Gasteiger partial charge in [-0.05, 0) is 55.2 Å². The van der Waals surface area contributed by atoms with Gasteiger partial charge in [-0.1, -0.05) is 12.1 Å². The minimum atomic E-state index is -0.150. The normalized spacial score (nSPS) is 18.1. The molecule has 2 aliphatic heterocycles. The third-order valence-electron chi connectivity index (χ3n) is 5.26. The molecule has 0 radical (unpaired) electrons. The number of rotatable bonds is 3. The number of hydrogen-bond donors (Lipinski definition) is 1. The van der Waals surface area contributed by atoms with Crippen LogP contribution in [0.4, 0.5) is 5.69 Å². The standard InChI is InChI=1S/C22H24N2O4/c1-14-5-6-17(12-18(14)23-15(2)25)22(26)24-9-3-4-19(24)16-7-8-20-21(13-16)28-11-10-27-20/h5-8,12-13,19H,3-4,9-11H2,1-2H3,(H,23,25). The van der Waals surface area contributed by atoms with Gasteiger partial charge in [-0.25, -0.2) is 0 Å². The van der Waals surface area contributed by atoms with Crippen LogP contribution in [0.25, 0.3) is 0 Å². The summed E-state index contributed by atoms with van der Waals surface area (Å²) in [7, 11) is 0. The SMILES string of the molecule is CC(=O)Nc1cc(C(=O)N2CCCC2c2ccc3c(c2)OCCO3)ccc1C. The highest BCUT2D eigenvalue weighted by atomic mass is 16.6.